The van der Waals surface area contributed by atoms with Crippen molar-refractivity contribution < 1.29 is 19.1 Å². The summed E-state index contributed by atoms with van der Waals surface area (Å²) in [6.45, 7) is 0.670. The van der Waals surface area contributed by atoms with E-state index < -0.39 is 5.91 Å². The maximum absolute atomic E-state index is 13.0. The molecule has 0 spiro atoms. The van der Waals surface area contributed by atoms with E-state index in [4.69, 9.17) is 21.1 Å². The van der Waals surface area contributed by atoms with Crippen LogP contribution in [0.25, 0.3) is 11.0 Å². The van der Waals surface area contributed by atoms with Crippen LogP contribution in [0.15, 0.2) is 52.9 Å². The third kappa shape index (κ3) is 6.06. The van der Waals surface area contributed by atoms with E-state index in [2.05, 4.69) is 16.0 Å². The highest BCUT2D eigenvalue weighted by Gasteiger charge is 2.29. The topological polar surface area (TPSA) is 104 Å². The Morgan fingerprint density at radius 2 is 1.70 bits per heavy atom. The SMILES string of the molecule is Cl.O=C(Nc1ccc(Cl)cc1)c1oc2ccccc2c1NC(=O)[C@H]1CC[C@H](NCCO)CC1. The zero-order valence-electron chi connectivity index (χ0n) is 18.0. The molecule has 3 aromatic rings. The fourth-order valence-corrected chi connectivity index (χ4v) is 4.23. The molecule has 1 aliphatic carbocycles. The summed E-state index contributed by atoms with van der Waals surface area (Å²) < 4.78 is 5.82. The molecule has 4 N–H and O–H groups in total. The van der Waals surface area contributed by atoms with Gasteiger partial charge in [0, 0.05) is 34.6 Å². The molecule has 7 nitrogen and oxygen atoms in total. The van der Waals surface area contributed by atoms with Gasteiger partial charge in [0.2, 0.25) is 11.7 Å². The van der Waals surface area contributed by atoms with Crippen LogP contribution in [0.1, 0.15) is 36.2 Å². The van der Waals surface area contributed by atoms with Gasteiger partial charge in [-0.05, 0) is 62.1 Å². The lowest BCUT2D eigenvalue weighted by Gasteiger charge is -2.28. The molecule has 9 heteroatoms. The van der Waals surface area contributed by atoms with Gasteiger partial charge in [-0.3, -0.25) is 9.59 Å². The van der Waals surface area contributed by atoms with Gasteiger partial charge >= 0.3 is 0 Å². The Labute approximate surface area is 203 Å². The van der Waals surface area contributed by atoms with Crippen LogP contribution in [0.2, 0.25) is 5.02 Å². The number of fused-ring (bicyclic) bond motifs is 1. The molecule has 0 saturated heterocycles. The number of halogens is 2. The Morgan fingerprint density at radius 3 is 2.39 bits per heavy atom. The predicted octanol–water partition coefficient (Wildman–Crippen LogP) is 4.84. The van der Waals surface area contributed by atoms with Gasteiger partial charge < -0.3 is 25.5 Å². The van der Waals surface area contributed by atoms with Gasteiger partial charge in [0.05, 0.1) is 6.61 Å². The van der Waals surface area contributed by atoms with Gasteiger partial charge in [-0.15, -0.1) is 12.4 Å². The normalized spacial score (nSPS) is 17.9. The number of anilines is 2. The van der Waals surface area contributed by atoms with Crippen molar-refractivity contribution in [3.05, 3.63) is 59.3 Å². The number of carbonyl (C=O) groups excluding carboxylic acids is 2. The minimum Gasteiger partial charge on any atom is -0.449 e. The predicted molar refractivity (Wildman–Crippen MR) is 132 cm³/mol. The van der Waals surface area contributed by atoms with Crippen LogP contribution < -0.4 is 16.0 Å². The van der Waals surface area contributed by atoms with Crippen LogP contribution in [-0.2, 0) is 4.79 Å². The number of para-hydroxylation sites is 1. The molecule has 4 rings (SSSR count). The van der Waals surface area contributed by atoms with Gasteiger partial charge in [0.15, 0.2) is 0 Å². The lowest BCUT2D eigenvalue weighted by Crippen LogP contribution is -2.37. The van der Waals surface area contributed by atoms with Gasteiger partial charge in [0.1, 0.15) is 11.3 Å². The maximum atomic E-state index is 13.0. The first kappa shape index (κ1) is 25.1. The third-order valence-electron chi connectivity index (χ3n) is 5.79. The second-order valence-corrected chi connectivity index (χ2v) is 8.42. The number of aliphatic hydroxyl groups is 1. The molecule has 0 unspecified atom stereocenters. The highest BCUT2D eigenvalue weighted by Crippen LogP contribution is 2.33. The standard InChI is InChI=1S/C24H26ClN3O4.ClH/c25-16-7-11-18(12-8-16)27-24(31)22-21(19-3-1-2-4-20(19)32-22)28-23(30)15-5-9-17(10-6-15)26-13-14-29;/h1-4,7-8,11-12,15,17,26,29H,5-6,9-10,13-14H2,(H,27,31)(H,28,30);1H/t15-,17-;. The maximum Gasteiger partial charge on any atom is 0.293 e. The number of hydrogen-bond acceptors (Lipinski definition) is 5. The number of rotatable bonds is 7. The third-order valence-corrected chi connectivity index (χ3v) is 6.05. The Bertz CT molecular complexity index is 1090. The zero-order chi connectivity index (χ0) is 22.5. The molecule has 33 heavy (non-hydrogen) atoms. The summed E-state index contributed by atoms with van der Waals surface area (Å²) in [4.78, 5) is 26.0. The molecule has 1 fully saturated rings. The van der Waals surface area contributed by atoms with Crippen molar-refractivity contribution in [2.75, 3.05) is 23.8 Å². The molecule has 1 aromatic heterocycles. The molecule has 0 atom stereocenters. The molecular weight excluding hydrogens is 465 g/mol. The minimum absolute atomic E-state index is 0. The molecule has 1 heterocycles. The largest absolute Gasteiger partial charge is 0.449 e. The monoisotopic (exact) mass is 491 g/mol. The number of furan rings is 1. The Morgan fingerprint density at radius 1 is 1.00 bits per heavy atom. The van der Waals surface area contributed by atoms with E-state index in [0.29, 0.717) is 40.0 Å². The minimum atomic E-state index is -0.448. The van der Waals surface area contributed by atoms with E-state index >= 15 is 0 Å². The van der Waals surface area contributed by atoms with Gasteiger partial charge in [0.25, 0.3) is 5.91 Å². The summed E-state index contributed by atoms with van der Waals surface area (Å²) in [5, 5.41) is 19.3. The summed E-state index contributed by atoms with van der Waals surface area (Å²) in [6.07, 6.45) is 3.23. The van der Waals surface area contributed by atoms with Crippen molar-refractivity contribution in [3.8, 4) is 0 Å². The van der Waals surface area contributed by atoms with Crippen molar-refractivity contribution in [1.82, 2.24) is 5.32 Å². The van der Waals surface area contributed by atoms with Crippen LogP contribution in [0.4, 0.5) is 11.4 Å². The molecule has 2 aromatic carbocycles. The van der Waals surface area contributed by atoms with E-state index in [1.165, 1.54) is 0 Å². The summed E-state index contributed by atoms with van der Waals surface area (Å²) in [5.41, 5.74) is 1.49. The zero-order valence-corrected chi connectivity index (χ0v) is 19.5. The average Bonchev–Trinajstić information content (AvgIpc) is 3.18. The molecule has 1 aliphatic rings. The number of benzene rings is 2. The van der Waals surface area contributed by atoms with Gasteiger partial charge in [-0.2, -0.15) is 0 Å². The van der Waals surface area contributed by atoms with Crippen LogP contribution in [0.5, 0.6) is 0 Å². The first-order chi connectivity index (χ1) is 15.5. The van der Waals surface area contributed by atoms with Crippen molar-refractivity contribution in [3.63, 3.8) is 0 Å². The van der Waals surface area contributed by atoms with Gasteiger partial charge in [-0.1, -0.05) is 23.7 Å². The summed E-state index contributed by atoms with van der Waals surface area (Å²) >= 11 is 5.92. The van der Waals surface area contributed by atoms with Crippen molar-refractivity contribution in [2.24, 2.45) is 5.92 Å². The van der Waals surface area contributed by atoms with Gasteiger partial charge in [-0.25, -0.2) is 0 Å². The second kappa shape index (κ2) is 11.5. The molecule has 1 saturated carbocycles. The van der Waals surface area contributed by atoms with Crippen LogP contribution in [-0.4, -0.2) is 36.1 Å². The summed E-state index contributed by atoms with van der Waals surface area (Å²) in [6, 6.07) is 14.3. The van der Waals surface area contributed by atoms with Crippen LogP contribution in [0.3, 0.4) is 0 Å². The Hall–Kier alpha value is -2.58. The number of nitrogens with one attached hydrogen (secondary N) is 3. The Kier molecular flexibility index (Phi) is 8.74. The van der Waals surface area contributed by atoms with Crippen molar-refractivity contribution in [1.29, 1.82) is 0 Å². The summed E-state index contributed by atoms with van der Waals surface area (Å²) in [5.74, 6) is -0.635. The lowest BCUT2D eigenvalue weighted by molar-refractivity contribution is -0.120. The van der Waals surface area contributed by atoms with E-state index in [0.717, 1.165) is 25.7 Å². The molecule has 176 valence electrons. The Balaban J connectivity index is 0.00000306. The number of aliphatic hydroxyl groups excluding tert-OH is 1. The highest BCUT2D eigenvalue weighted by atomic mass is 35.5. The number of hydrogen-bond donors (Lipinski definition) is 4. The molecule has 0 radical (unpaired) electrons. The molecular formula is C24H27Cl2N3O4. The second-order valence-electron chi connectivity index (χ2n) is 7.98. The van der Waals surface area contributed by atoms with Crippen molar-refractivity contribution >= 4 is 58.2 Å². The van der Waals surface area contributed by atoms with Crippen molar-refractivity contribution in [2.45, 2.75) is 31.7 Å². The number of carbonyl (C=O) groups is 2. The highest BCUT2D eigenvalue weighted by molar-refractivity contribution is 6.30. The van der Waals surface area contributed by atoms with Crippen LogP contribution >= 0.6 is 24.0 Å². The first-order valence-electron chi connectivity index (χ1n) is 10.8. The molecule has 2 amide bonds. The summed E-state index contributed by atoms with van der Waals surface area (Å²) in [7, 11) is 0. The number of amides is 2. The molecule has 0 bridgehead atoms. The van der Waals surface area contributed by atoms with E-state index in [9.17, 15) is 9.59 Å². The lowest BCUT2D eigenvalue weighted by atomic mass is 9.85. The van der Waals surface area contributed by atoms with E-state index in [1.807, 2.05) is 18.2 Å². The average molecular weight is 492 g/mol. The van der Waals surface area contributed by atoms with Crippen LogP contribution in [0, 0.1) is 5.92 Å². The molecule has 0 aliphatic heterocycles. The van der Waals surface area contributed by atoms with E-state index in [-0.39, 0.29) is 36.6 Å². The van der Waals surface area contributed by atoms with E-state index in [1.54, 1.807) is 30.3 Å². The smallest absolute Gasteiger partial charge is 0.293 e. The fraction of sp³-hybridized carbons (Fsp3) is 0.333. The quantitative estimate of drug-likeness (QED) is 0.378. The first-order valence-corrected chi connectivity index (χ1v) is 11.2. The fourth-order valence-electron chi connectivity index (χ4n) is 4.10.